The van der Waals surface area contributed by atoms with Gasteiger partial charge >= 0.3 is 0 Å². The van der Waals surface area contributed by atoms with Crippen molar-refractivity contribution >= 4 is 0 Å². The monoisotopic (exact) mass is 228 g/mol. The summed E-state index contributed by atoms with van der Waals surface area (Å²) in [5.74, 6) is 1.34. The summed E-state index contributed by atoms with van der Waals surface area (Å²) in [7, 11) is 0. The molecule has 0 saturated carbocycles. The fourth-order valence-corrected chi connectivity index (χ4v) is 2.40. The molecule has 1 nitrogen and oxygen atoms in total. The van der Waals surface area contributed by atoms with E-state index in [0.29, 0.717) is 5.92 Å². The summed E-state index contributed by atoms with van der Waals surface area (Å²) in [4.78, 5) is 0. The third kappa shape index (κ3) is 5.34. The van der Waals surface area contributed by atoms with Crippen LogP contribution >= 0.6 is 0 Å². The lowest BCUT2D eigenvalue weighted by Gasteiger charge is -2.39. The van der Waals surface area contributed by atoms with Gasteiger partial charge in [0.25, 0.3) is 0 Å². The Morgan fingerprint density at radius 2 is 1.62 bits per heavy atom. The zero-order valence-corrected chi connectivity index (χ0v) is 12.3. The van der Waals surface area contributed by atoms with Gasteiger partial charge in [0.05, 0.1) is 5.60 Å². The van der Waals surface area contributed by atoms with Gasteiger partial charge in [0.1, 0.15) is 0 Å². The number of hydrogen-bond acceptors (Lipinski definition) is 1. The lowest BCUT2D eigenvalue weighted by Crippen LogP contribution is -2.40. The minimum absolute atomic E-state index is 0.125. The first-order valence-corrected chi connectivity index (χ1v) is 7.12. The second-order valence-corrected chi connectivity index (χ2v) is 5.77. The molecular formula is C15H32O. The Balaban J connectivity index is 4.59. The summed E-state index contributed by atoms with van der Waals surface area (Å²) < 4.78 is 6.25. The van der Waals surface area contributed by atoms with E-state index in [4.69, 9.17) is 4.74 Å². The van der Waals surface area contributed by atoms with Crippen LogP contribution in [0.25, 0.3) is 0 Å². The van der Waals surface area contributed by atoms with E-state index in [9.17, 15) is 0 Å². The van der Waals surface area contributed by atoms with Crippen molar-refractivity contribution in [1.82, 2.24) is 0 Å². The van der Waals surface area contributed by atoms with E-state index < -0.39 is 0 Å². The van der Waals surface area contributed by atoms with Gasteiger partial charge in [-0.15, -0.1) is 0 Å². The molecule has 0 aromatic carbocycles. The van der Waals surface area contributed by atoms with Crippen LogP contribution in [0.3, 0.4) is 0 Å². The van der Waals surface area contributed by atoms with Crippen LogP contribution in [-0.4, -0.2) is 12.2 Å². The molecule has 0 aliphatic rings. The highest BCUT2D eigenvalue weighted by molar-refractivity contribution is 4.85. The van der Waals surface area contributed by atoms with E-state index in [-0.39, 0.29) is 5.60 Å². The third-order valence-corrected chi connectivity index (χ3v) is 3.35. The molecule has 0 heterocycles. The van der Waals surface area contributed by atoms with Crippen molar-refractivity contribution in [1.29, 1.82) is 0 Å². The third-order valence-electron chi connectivity index (χ3n) is 3.35. The molecule has 0 N–H and O–H groups in total. The van der Waals surface area contributed by atoms with Gasteiger partial charge in [-0.25, -0.2) is 0 Å². The highest BCUT2D eigenvalue weighted by Crippen LogP contribution is 2.34. The number of hydrogen-bond donors (Lipinski definition) is 0. The highest BCUT2D eigenvalue weighted by Gasteiger charge is 2.34. The van der Waals surface area contributed by atoms with E-state index >= 15 is 0 Å². The van der Waals surface area contributed by atoms with Crippen LogP contribution in [0.5, 0.6) is 0 Å². The fourth-order valence-electron chi connectivity index (χ4n) is 2.40. The average Bonchev–Trinajstić information content (AvgIpc) is 2.21. The Labute approximate surface area is 103 Å². The minimum Gasteiger partial charge on any atom is -0.375 e. The number of unbranched alkanes of at least 4 members (excludes halogenated alkanes) is 1. The number of rotatable bonds is 9. The molecule has 0 aromatic rings. The van der Waals surface area contributed by atoms with Gasteiger partial charge in [-0.05, 0) is 31.1 Å². The van der Waals surface area contributed by atoms with Crippen LogP contribution in [-0.2, 0) is 4.74 Å². The smallest absolute Gasteiger partial charge is 0.0707 e. The van der Waals surface area contributed by atoms with Crippen molar-refractivity contribution in [2.24, 2.45) is 11.8 Å². The maximum atomic E-state index is 6.25. The first-order chi connectivity index (χ1) is 7.48. The summed E-state index contributed by atoms with van der Waals surface area (Å²) in [5, 5.41) is 0. The molecule has 0 aromatic heterocycles. The SMILES string of the molecule is CCCCC(CC(C)C)(OCCC)C(C)C. The minimum atomic E-state index is 0.125. The van der Waals surface area contributed by atoms with Crippen molar-refractivity contribution in [3.05, 3.63) is 0 Å². The van der Waals surface area contributed by atoms with E-state index in [1.165, 1.54) is 25.7 Å². The van der Waals surface area contributed by atoms with Gasteiger partial charge in [-0.3, -0.25) is 0 Å². The molecule has 0 aliphatic carbocycles. The Morgan fingerprint density at radius 3 is 2.00 bits per heavy atom. The van der Waals surface area contributed by atoms with Gasteiger partial charge in [-0.2, -0.15) is 0 Å². The van der Waals surface area contributed by atoms with E-state index in [1.54, 1.807) is 0 Å². The Kier molecular flexibility index (Phi) is 8.09. The first-order valence-electron chi connectivity index (χ1n) is 7.12. The Bertz CT molecular complexity index is 153. The molecule has 0 amide bonds. The normalized spacial score (nSPS) is 15.8. The predicted octanol–water partition coefficient (Wildman–Crippen LogP) is 5.04. The highest BCUT2D eigenvalue weighted by atomic mass is 16.5. The molecule has 0 fully saturated rings. The Morgan fingerprint density at radius 1 is 1.00 bits per heavy atom. The van der Waals surface area contributed by atoms with Crippen LogP contribution in [0.4, 0.5) is 0 Å². The van der Waals surface area contributed by atoms with Crippen LogP contribution in [0.1, 0.15) is 73.6 Å². The topological polar surface area (TPSA) is 9.23 Å². The first kappa shape index (κ1) is 16.0. The zero-order valence-electron chi connectivity index (χ0n) is 12.3. The largest absolute Gasteiger partial charge is 0.375 e. The molecule has 1 atom stereocenters. The maximum Gasteiger partial charge on any atom is 0.0707 e. The summed E-state index contributed by atoms with van der Waals surface area (Å²) in [6.45, 7) is 14.6. The summed E-state index contributed by atoms with van der Waals surface area (Å²) in [5.41, 5.74) is 0.125. The molecule has 0 rings (SSSR count). The van der Waals surface area contributed by atoms with E-state index in [2.05, 4.69) is 41.5 Å². The lowest BCUT2D eigenvalue weighted by molar-refractivity contribution is -0.0976. The van der Waals surface area contributed by atoms with Crippen molar-refractivity contribution in [2.75, 3.05) is 6.61 Å². The second-order valence-electron chi connectivity index (χ2n) is 5.77. The van der Waals surface area contributed by atoms with Gasteiger partial charge in [0.15, 0.2) is 0 Å². The molecule has 1 heteroatoms. The predicted molar refractivity (Wildman–Crippen MR) is 72.8 cm³/mol. The molecule has 98 valence electrons. The zero-order chi connectivity index (χ0) is 12.6. The maximum absolute atomic E-state index is 6.25. The molecule has 16 heavy (non-hydrogen) atoms. The van der Waals surface area contributed by atoms with Gasteiger partial charge in [-0.1, -0.05) is 54.4 Å². The van der Waals surface area contributed by atoms with Crippen molar-refractivity contribution < 1.29 is 4.74 Å². The van der Waals surface area contributed by atoms with Crippen molar-refractivity contribution in [3.63, 3.8) is 0 Å². The molecular weight excluding hydrogens is 196 g/mol. The molecule has 0 aliphatic heterocycles. The lowest BCUT2D eigenvalue weighted by atomic mass is 9.79. The molecule has 0 bridgehead atoms. The standard InChI is InChI=1S/C15H32O/c1-7-9-10-15(14(5)6,12-13(3)4)16-11-8-2/h13-14H,7-12H2,1-6H3. The molecule has 0 saturated heterocycles. The van der Waals surface area contributed by atoms with Gasteiger partial charge < -0.3 is 4.74 Å². The van der Waals surface area contributed by atoms with Gasteiger partial charge in [0, 0.05) is 6.61 Å². The van der Waals surface area contributed by atoms with Crippen LogP contribution in [0, 0.1) is 11.8 Å². The van der Waals surface area contributed by atoms with Crippen LogP contribution in [0.2, 0.25) is 0 Å². The summed E-state index contributed by atoms with van der Waals surface area (Å²) in [6.07, 6.45) is 6.10. The van der Waals surface area contributed by atoms with Crippen LogP contribution < -0.4 is 0 Å². The van der Waals surface area contributed by atoms with Gasteiger partial charge in [0.2, 0.25) is 0 Å². The second kappa shape index (κ2) is 8.11. The van der Waals surface area contributed by atoms with E-state index in [0.717, 1.165) is 18.9 Å². The molecule has 0 radical (unpaired) electrons. The Hall–Kier alpha value is -0.0400. The number of ether oxygens (including phenoxy) is 1. The van der Waals surface area contributed by atoms with Crippen molar-refractivity contribution in [2.45, 2.75) is 79.2 Å². The van der Waals surface area contributed by atoms with Crippen molar-refractivity contribution in [3.8, 4) is 0 Å². The summed E-state index contributed by atoms with van der Waals surface area (Å²) >= 11 is 0. The summed E-state index contributed by atoms with van der Waals surface area (Å²) in [6, 6.07) is 0. The van der Waals surface area contributed by atoms with E-state index in [1.807, 2.05) is 0 Å². The molecule has 1 unspecified atom stereocenters. The average molecular weight is 228 g/mol. The molecule has 0 spiro atoms. The fraction of sp³-hybridized carbons (Fsp3) is 1.00. The quantitative estimate of drug-likeness (QED) is 0.537. The van der Waals surface area contributed by atoms with Crippen LogP contribution in [0.15, 0.2) is 0 Å².